The number of ketones is 1. The van der Waals surface area contributed by atoms with Gasteiger partial charge in [0.15, 0.2) is 5.78 Å². The molecule has 0 unspecified atom stereocenters. The minimum Gasteiger partial charge on any atom is -0.290 e. The number of carbonyl (C=O) groups is 1. The monoisotopic (exact) mass is 124 g/mol. The van der Waals surface area contributed by atoms with Gasteiger partial charge in [0, 0.05) is 0 Å². The van der Waals surface area contributed by atoms with Gasteiger partial charge in [-0.25, -0.2) is 0 Å². The van der Waals surface area contributed by atoms with Crippen molar-refractivity contribution in [2.75, 3.05) is 0 Å². The van der Waals surface area contributed by atoms with Crippen LogP contribution in [0.25, 0.3) is 0 Å². The lowest BCUT2D eigenvalue weighted by atomic mass is 10.2. The molecule has 1 heteroatoms. The molecule has 0 radical (unpaired) electrons. The minimum absolute atomic E-state index is 0.0972. The van der Waals surface area contributed by atoms with E-state index in [0.29, 0.717) is 0 Å². The molecule has 0 N–H and O–H groups in total. The lowest BCUT2D eigenvalue weighted by Gasteiger charge is -1.88. The molecule has 0 aromatic carbocycles. The Morgan fingerprint density at radius 2 is 1.89 bits per heavy atom. The minimum atomic E-state index is 0.0972. The van der Waals surface area contributed by atoms with Crippen LogP contribution in [-0.2, 0) is 4.79 Å². The molecule has 0 heterocycles. The Balaban J connectivity index is 4.05. The summed E-state index contributed by atoms with van der Waals surface area (Å²) in [6.07, 6.45) is 5.12. The first-order valence-corrected chi connectivity index (χ1v) is 3.02. The molecule has 1 nitrogen and oxygen atoms in total. The fourth-order valence-corrected chi connectivity index (χ4v) is 0.425. The summed E-state index contributed by atoms with van der Waals surface area (Å²) < 4.78 is 0. The van der Waals surface area contributed by atoms with Crippen molar-refractivity contribution in [2.45, 2.75) is 20.8 Å². The lowest BCUT2D eigenvalue weighted by molar-refractivity contribution is -0.111. The second kappa shape index (κ2) is 4.07. The summed E-state index contributed by atoms with van der Waals surface area (Å²) in [5, 5.41) is 0. The van der Waals surface area contributed by atoms with Gasteiger partial charge in [-0.1, -0.05) is 12.2 Å². The Morgan fingerprint density at radius 3 is 2.22 bits per heavy atom. The molecule has 0 aromatic rings. The molecular weight excluding hydrogens is 112 g/mol. The van der Waals surface area contributed by atoms with Crippen LogP contribution in [0.3, 0.4) is 0 Å². The first-order valence-electron chi connectivity index (χ1n) is 3.02. The average molecular weight is 124 g/mol. The van der Waals surface area contributed by atoms with Crippen LogP contribution in [0.2, 0.25) is 0 Å². The summed E-state index contributed by atoms with van der Waals surface area (Å²) >= 11 is 0. The van der Waals surface area contributed by atoms with E-state index in [-0.39, 0.29) is 5.78 Å². The molecular formula is C8H12O. The largest absolute Gasteiger partial charge is 0.290 e. The molecule has 0 aromatic heterocycles. The maximum atomic E-state index is 10.8. The van der Waals surface area contributed by atoms with Crippen molar-refractivity contribution < 1.29 is 4.79 Å². The van der Waals surface area contributed by atoms with Crippen molar-refractivity contribution in [3.8, 4) is 0 Å². The number of hydrogen-bond donors (Lipinski definition) is 0. The van der Waals surface area contributed by atoms with Crippen LogP contribution in [0.4, 0.5) is 0 Å². The highest BCUT2D eigenvalue weighted by molar-refractivity contribution is 6.03. The van der Waals surface area contributed by atoms with Crippen molar-refractivity contribution in [1.29, 1.82) is 0 Å². The summed E-state index contributed by atoms with van der Waals surface area (Å²) in [4.78, 5) is 10.8. The normalized spacial score (nSPS) is 12.6. The first-order chi connectivity index (χ1) is 4.22. The molecule has 9 heavy (non-hydrogen) atoms. The molecule has 0 aliphatic rings. The highest BCUT2D eigenvalue weighted by atomic mass is 16.1. The van der Waals surface area contributed by atoms with Crippen molar-refractivity contribution in [3.63, 3.8) is 0 Å². The molecule has 0 fully saturated rings. The van der Waals surface area contributed by atoms with Crippen LogP contribution in [0, 0.1) is 0 Å². The van der Waals surface area contributed by atoms with Crippen LogP contribution in [0.5, 0.6) is 0 Å². The van der Waals surface area contributed by atoms with Gasteiger partial charge in [-0.05, 0) is 32.4 Å². The molecule has 0 atom stereocenters. The van der Waals surface area contributed by atoms with E-state index in [4.69, 9.17) is 0 Å². The van der Waals surface area contributed by atoms with Gasteiger partial charge in [0.1, 0.15) is 0 Å². The summed E-state index contributed by atoms with van der Waals surface area (Å²) in [6, 6.07) is 0. The van der Waals surface area contributed by atoms with Crippen LogP contribution in [0.15, 0.2) is 23.8 Å². The summed E-state index contributed by atoms with van der Waals surface area (Å²) in [5.74, 6) is 0.0972. The van der Waals surface area contributed by atoms with Crippen molar-refractivity contribution >= 4 is 5.78 Å². The quantitative estimate of drug-likeness (QED) is 0.515. The number of carbonyl (C=O) groups excluding carboxylic acids is 1. The summed E-state index contributed by atoms with van der Waals surface area (Å²) in [7, 11) is 0. The molecule has 50 valence electrons. The van der Waals surface area contributed by atoms with Crippen molar-refractivity contribution in [3.05, 3.63) is 23.8 Å². The first kappa shape index (κ1) is 8.15. The Labute approximate surface area is 56.1 Å². The standard InChI is InChI=1S/C8H12O/c1-4-6-8(9)7(3)5-2/h4-6H,1-3H3/b6-4+,7-5+. The third kappa shape index (κ3) is 2.85. The molecule has 0 amide bonds. The topological polar surface area (TPSA) is 17.1 Å². The van der Waals surface area contributed by atoms with E-state index < -0.39 is 0 Å². The van der Waals surface area contributed by atoms with Gasteiger partial charge in [0.25, 0.3) is 0 Å². The Morgan fingerprint density at radius 1 is 1.33 bits per heavy atom. The highest BCUT2D eigenvalue weighted by Gasteiger charge is 1.94. The number of rotatable bonds is 2. The average Bonchev–Trinajstić information content (AvgIpc) is 1.87. The zero-order valence-electron chi connectivity index (χ0n) is 6.14. The maximum Gasteiger partial charge on any atom is 0.180 e. The van der Waals surface area contributed by atoms with Crippen LogP contribution in [0.1, 0.15) is 20.8 Å². The molecule has 0 rings (SSSR count). The second-order valence-electron chi connectivity index (χ2n) is 1.84. The van der Waals surface area contributed by atoms with Gasteiger partial charge >= 0.3 is 0 Å². The van der Waals surface area contributed by atoms with E-state index >= 15 is 0 Å². The van der Waals surface area contributed by atoms with Crippen LogP contribution in [-0.4, -0.2) is 5.78 Å². The summed E-state index contributed by atoms with van der Waals surface area (Å²) in [6.45, 7) is 5.50. The van der Waals surface area contributed by atoms with Crippen molar-refractivity contribution in [1.82, 2.24) is 0 Å². The van der Waals surface area contributed by atoms with Gasteiger partial charge in [-0.3, -0.25) is 4.79 Å². The van der Waals surface area contributed by atoms with Gasteiger partial charge in [-0.2, -0.15) is 0 Å². The Kier molecular flexibility index (Phi) is 3.69. The second-order valence-corrected chi connectivity index (χ2v) is 1.84. The predicted octanol–water partition coefficient (Wildman–Crippen LogP) is 2.10. The fourth-order valence-electron chi connectivity index (χ4n) is 0.425. The zero-order valence-corrected chi connectivity index (χ0v) is 6.14. The molecule has 0 spiro atoms. The van der Waals surface area contributed by atoms with E-state index in [1.165, 1.54) is 0 Å². The van der Waals surface area contributed by atoms with Gasteiger partial charge in [0.05, 0.1) is 0 Å². The van der Waals surface area contributed by atoms with Gasteiger partial charge < -0.3 is 0 Å². The zero-order chi connectivity index (χ0) is 7.28. The molecule has 0 saturated heterocycles. The van der Waals surface area contributed by atoms with E-state index in [1.54, 1.807) is 12.2 Å². The van der Waals surface area contributed by atoms with Crippen LogP contribution < -0.4 is 0 Å². The highest BCUT2D eigenvalue weighted by Crippen LogP contribution is 1.94. The van der Waals surface area contributed by atoms with E-state index in [1.807, 2.05) is 26.8 Å². The van der Waals surface area contributed by atoms with Gasteiger partial charge in [0.2, 0.25) is 0 Å². The molecule has 0 bridgehead atoms. The third-order valence-corrected chi connectivity index (χ3v) is 1.14. The molecule has 0 saturated carbocycles. The van der Waals surface area contributed by atoms with Crippen molar-refractivity contribution in [2.24, 2.45) is 0 Å². The maximum absolute atomic E-state index is 10.8. The SMILES string of the molecule is C/C=C/C(=O)/C(C)=C/C. The summed E-state index contributed by atoms with van der Waals surface area (Å²) in [5.41, 5.74) is 0.799. The van der Waals surface area contributed by atoms with E-state index in [9.17, 15) is 4.79 Å². The third-order valence-electron chi connectivity index (χ3n) is 1.14. The smallest absolute Gasteiger partial charge is 0.180 e. The van der Waals surface area contributed by atoms with Gasteiger partial charge in [-0.15, -0.1) is 0 Å². The Hall–Kier alpha value is -0.850. The molecule has 0 aliphatic heterocycles. The Bertz CT molecular complexity index is 152. The lowest BCUT2D eigenvalue weighted by Crippen LogP contribution is -1.92. The number of allylic oxidation sites excluding steroid dienone is 4. The molecule has 0 aliphatic carbocycles. The number of hydrogen-bond acceptors (Lipinski definition) is 1. The van der Waals surface area contributed by atoms with E-state index in [2.05, 4.69) is 0 Å². The fraction of sp³-hybridized carbons (Fsp3) is 0.375. The van der Waals surface area contributed by atoms with Crippen LogP contribution >= 0.6 is 0 Å². The van der Waals surface area contributed by atoms with E-state index in [0.717, 1.165) is 5.57 Å². The predicted molar refractivity (Wildman–Crippen MR) is 39.3 cm³/mol.